The Labute approximate surface area is 135 Å². The molecule has 1 aliphatic carbocycles. The minimum atomic E-state index is -2.49. The molecule has 3 nitrogen and oxygen atoms in total. The Morgan fingerprint density at radius 1 is 1.32 bits per heavy atom. The molecule has 1 saturated carbocycles. The van der Waals surface area contributed by atoms with Crippen molar-refractivity contribution in [1.82, 2.24) is 5.32 Å². The van der Waals surface area contributed by atoms with Crippen molar-refractivity contribution in [3.8, 4) is 11.5 Å². The van der Waals surface area contributed by atoms with E-state index >= 15 is 0 Å². The highest BCUT2D eigenvalue weighted by atomic mass is 35.5. The van der Waals surface area contributed by atoms with Crippen LogP contribution in [0.3, 0.4) is 0 Å². The molecule has 3 rings (SSSR count). The summed E-state index contributed by atoms with van der Waals surface area (Å²) in [5.41, 5.74) is 2.39. The predicted molar refractivity (Wildman–Crippen MR) is 83.5 cm³/mol. The summed E-state index contributed by atoms with van der Waals surface area (Å²) in [7, 11) is 1.63. The second-order valence-corrected chi connectivity index (χ2v) is 6.03. The number of benzene rings is 1. The van der Waals surface area contributed by atoms with Crippen LogP contribution in [0.1, 0.15) is 36.9 Å². The molecule has 0 spiro atoms. The fourth-order valence-corrected chi connectivity index (χ4v) is 3.26. The molecule has 1 aromatic rings. The smallest absolute Gasteiger partial charge is 0.248 e. The molecule has 0 bridgehead atoms. The number of fused-ring (bicyclic) bond motifs is 1. The van der Waals surface area contributed by atoms with E-state index in [-0.39, 0.29) is 31.2 Å². The van der Waals surface area contributed by atoms with E-state index in [1.807, 2.05) is 12.1 Å². The van der Waals surface area contributed by atoms with Crippen LogP contribution in [-0.2, 0) is 6.42 Å². The molecule has 0 radical (unpaired) electrons. The topological polar surface area (TPSA) is 30.5 Å². The molecule has 1 unspecified atom stereocenters. The number of ether oxygens (including phenoxy) is 2. The lowest BCUT2D eigenvalue weighted by molar-refractivity contribution is -0.119. The first-order valence-electron chi connectivity index (χ1n) is 7.44. The van der Waals surface area contributed by atoms with Crippen molar-refractivity contribution in [2.24, 2.45) is 5.92 Å². The van der Waals surface area contributed by atoms with Crippen molar-refractivity contribution in [1.29, 1.82) is 0 Å². The van der Waals surface area contributed by atoms with Gasteiger partial charge in [0.2, 0.25) is 5.92 Å². The van der Waals surface area contributed by atoms with Gasteiger partial charge in [0.05, 0.1) is 13.7 Å². The number of nitrogens with one attached hydrogen (secondary N) is 1. The first-order valence-corrected chi connectivity index (χ1v) is 7.44. The molecule has 0 aromatic heterocycles. The zero-order valence-electron chi connectivity index (χ0n) is 12.8. The maximum Gasteiger partial charge on any atom is 0.248 e. The number of halogens is 3. The standard InChI is InChI=1S/C16H21F2NO2.ClH/c1-10-12-3-4-14(15(20-2)13(12)5-6-19-10)21-9-11-7-16(17,18)8-11;/h3-4,10-11,19H,5-9H2,1-2H3;1H. The monoisotopic (exact) mass is 333 g/mol. The SMILES string of the molecule is COc1c(OCC2CC(F)(F)C2)ccc2c1CCNC2C.Cl. The molecule has 22 heavy (non-hydrogen) atoms. The van der Waals surface area contributed by atoms with Crippen LogP contribution in [-0.4, -0.2) is 26.2 Å². The Hall–Kier alpha value is -1.07. The van der Waals surface area contributed by atoms with Crippen molar-refractivity contribution < 1.29 is 18.3 Å². The number of alkyl halides is 2. The molecule has 1 heterocycles. The van der Waals surface area contributed by atoms with Crippen LogP contribution in [0.5, 0.6) is 11.5 Å². The Balaban J connectivity index is 0.00000176. The van der Waals surface area contributed by atoms with Gasteiger partial charge < -0.3 is 14.8 Å². The van der Waals surface area contributed by atoms with Crippen molar-refractivity contribution in [3.05, 3.63) is 23.3 Å². The van der Waals surface area contributed by atoms with E-state index in [2.05, 4.69) is 12.2 Å². The van der Waals surface area contributed by atoms with E-state index in [4.69, 9.17) is 9.47 Å². The second-order valence-electron chi connectivity index (χ2n) is 6.03. The van der Waals surface area contributed by atoms with Gasteiger partial charge in [0.15, 0.2) is 11.5 Å². The fourth-order valence-electron chi connectivity index (χ4n) is 3.26. The summed E-state index contributed by atoms with van der Waals surface area (Å²) in [6, 6.07) is 4.22. The van der Waals surface area contributed by atoms with E-state index in [9.17, 15) is 8.78 Å². The molecule has 1 fully saturated rings. The van der Waals surface area contributed by atoms with Crippen molar-refractivity contribution >= 4 is 12.4 Å². The van der Waals surface area contributed by atoms with Crippen molar-refractivity contribution in [2.75, 3.05) is 20.3 Å². The van der Waals surface area contributed by atoms with Gasteiger partial charge in [-0.1, -0.05) is 6.07 Å². The molecule has 124 valence electrons. The molecule has 1 aliphatic heterocycles. The molecule has 6 heteroatoms. The summed E-state index contributed by atoms with van der Waals surface area (Å²) >= 11 is 0. The highest BCUT2D eigenvalue weighted by Gasteiger charge is 2.45. The Morgan fingerprint density at radius 2 is 2.05 bits per heavy atom. The molecule has 2 aliphatic rings. The Bertz CT molecular complexity index is 531. The van der Waals surface area contributed by atoms with E-state index < -0.39 is 5.92 Å². The average Bonchev–Trinajstić information content (AvgIpc) is 2.42. The largest absolute Gasteiger partial charge is 0.493 e. The van der Waals surface area contributed by atoms with Gasteiger partial charge in [0.1, 0.15) is 0 Å². The van der Waals surface area contributed by atoms with E-state index in [0.29, 0.717) is 18.4 Å². The van der Waals surface area contributed by atoms with Crippen LogP contribution in [0.25, 0.3) is 0 Å². The van der Waals surface area contributed by atoms with Crippen LogP contribution in [0.4, 0.5) is 8.78 Å². The third-order valence-electron chi connectivity index (χ3n) is 4.41. The molecule has 1 atom stereocenters. The Morgan fingerprint density at radius 3 is 2.68 bits per heavy atom. The van der Waals surface area contributed by atoms with Crippen LogP contribution >= 0.6 is 12.4 Å². The van der Waals surface area contributed by atoms with E-state index in [0.717, 1.165) is 18.7 Å². The van der Waals surface area contributed by atoms with Gasteiger partial charge >= 0.3 is 0 Å². The predicted octanol–water partition coefficient (Wildman–Crippen LogP) is 3.75. The lowest BCUT2D eigenvalue weighted by Gasteiger charge is -2.34. The second kappa shape index (κ2) is 6.59. The lowest BCUT2D eigenvalue weighted by Crippen LogP contribution is -2.38. The van der Waals surface area contributed by atoms with Gasteiger partial charge in [-0.25, -0.2) is 8.78 Å². The van der Waals surface area contributed by atoms with Gasteiger partial charge in [0.25, 0.3) is 0 Å². The summed E-state index contributed by atoms with van der Waals surface area (Å²) in [6.45, 7) is 3.36. The molecule has 0 amide bonds. The highest BCUT2D eigenvalue weighted by molar-refractivity contribution is 5.85. The van der Waals surface area contributed by atoms with Crippen LogP contribution in [0.15, 0.2) is 12.1 Å². The summed E-state index contributed by atoms with van der Waals surface area (Å²) in [6.07, 6.45) is 0.754. The summed E-state index contributed by atoms with van der Waals surface area (Å²) in [4.78, 5) is 0. The molecular weight excluding hydrogens is 312 g/mol. The third-order valence-corrected chi connectivity index (χ3v) is 4.41. The van der Waals surface area contributed by atoms with E-state index in [1.165, 1.54) is 11.1 Å². The quantitative estimate of drug-likeness (QED) is 0.910. The maximum absolute atomic E-state index is 12.8. The minimum absolute atomic E-state index is 0. The first-order chi connectivity index (χ1) is 10.00. The summed E-state index contributed by atoms with van der Waals surface area (Å²) in [5.74, 6) is -1.12. The maximum atomic E-state index is 12.8. The number of hydrogen-bond acceptors (Lipinski definition) is 3. The van der Waals surface area contributed by atoms with Gasteiger partial charge in [-0.2, -0.15) is 0 Å². The van der Waals surface area contributed by atoms with Crippen molar-refractivity contribution in [3.63, 3.8) is 0 Å². The molecule has 0 saturated heterocycles. The number of rotatable bonds is 4. The van der Waals surface area contributed by atoms with Crippen LogP contribution in [0.2, 0.25) is 0 Å². The highest BCUT2D eigenvalue weighted by Crippen LogP contribution is 2.43. The van der Waals surface area contributed by atoms with Crippen LogP contribution in [0, 0.1) is 5.92 Å². The summed E-state index contributed by atoms with van der Waals surface area (Å²) < 4.78 is 36.9. The third kappa shape index (κ3) is 3.30. The number of hydrogen-bond donors (Lipinski definition) is 1. The zero-order valence-corrected chi connectivity index (χ0v) is 13.6. The lowest BCUT2D eigenvalue weighted by atomic mass is 9.82. The first kappa shape index (κ1) is 17.3. The van der Waals surface area contributed by atoms with E-state index in [1.54, 1.807) is 7.11 Å². The van der Waals surface area contributed by atoms with Gasteiger partial charge in [0, 0.05) is 30.4 Å². The summed E-state index contributed by atoms with van der Waals surface area (Å²) in [5, 5.41) is 3.41. The minimum Gasteiger partial charge on any atom is -0.493 e. The fraction of sp³-hybridized carbons (Fsp3) is 0.625. The van der Waals surface area contributed by atoms with Gasteiger partial charge in [-0.05, 0) is 31.5 Å². The Kier molecular flexibility index (Phi) is 5.17. The molecule has 1 N–H and O–H groups in total. The molecule has 1 aromatic carbocycles. The normalized spacial score (nSPS) is 23.0. The van der Waals surface area contributed by atoms with Gasteiger partial charge in [-0.3, -0.25) is 0 Å². The average molecular weight is 334 g/mol. The van der Waals surface area contributed by atoms with Crippen molar-refractivity contribution in [2.45, 2.75) is 38.2 Å². The number of methoxy groups -OCH3 is 1. The molecular formula is C16H22ClF2NO2. The van der Waals surface area contributed by atoms with Crippen LogP contribution < -0.4 is 14.8 Å². The zero-order chi connectivity index (χ0) is 15.0. The van der Waals surface area contributed by atoms with Gasteiger partial charge in [-0.15, -0.1) is 12.4 Å².